The Labute approximate surface area is 101 Å². The van der Waals surface area contributed by atoms with Gasteiger partial charge in [-0.1, -0.05) is 26.3 Å². The summed E-state index contributed by atoms with van der Waals surface area (Å²) in [5, 5.41) is 3.44. The fourth-order valence-corrected chi connectivity index (χ4v) is 2.90. The van der Waals surface area contributed by atoms with Crippen LogP contribution in [0.2, 0.25) is 0 Å². The molecule has 1 N–H and O–H groups in total. The van der Waals surface area contributed by atoms with Crippen LogP contribution >= 0.6 is 0 Å². The molecule has 1 aromatic rings. The third-order valence-electron chi connectivity index (χ3n) is 3.85. The van der Waals surface area contributed by atoms with E-state index in [0.29, 0.717) is 17.9 Å². The van der Waals surface area contributed by atoms with E-state index in [1.807, 2.05) is 0 Å². The second-order valence-electron chi connectivity index (χ2n) is 4.75. The second-order valence-corrected chi connectivity index (χ2v) is 4.75. The smallest absolute Gasteiger partial charge is 0.159 e. The quantitative estimate of drug-likeness (QED) is 0.848. The lowest BCUT2D eigenvalue weighted by Gasteiger charge is -2.45. The third kappa shape index (κ3) is 2.34. The van der Waals surface area contributed by atoms with E-state index >= 15 is 0 Å². The Morgan fingerprint density at radius 2 is 2.00 bits per heavy atom. The lowest BCUT2D eigenvalue weighted by molar-refractivity contribution is 0.162. The molecule has 0 heterocycles. The molecule has 3 unspecified atom stereocenters. The van der Waals surface area contributed by atoms with E-state index in [9.17, 15) is 8.78 Å². The monoisotopic (exact) mass is 239 g/mol. The van der Waals surface area contributed by atoms with Crippen molar-refractivity contribution in [1.29, 1.82) is 0 Å². The van der Waals surface area contributed by atoms with Crippen LogP contribution in [0.1, 0.15) is 38.2 Å². The molecule has 1 fully saturated rings. The van der Waals surface area contributed by atoms with Gasteiger partial charge in [-0.15, -0.1) is 0 Å². The molecule has 0 aromatic heterocycles. The molecule has 0 saturated heterocycles. The van der Waals surface area contributed by atoms with Gasteiger partial charge in [-0.05, 0) is 42.5 Å². The minimum atomic E-state index is -0.760. The Kier molecular flexibility index (Phi) is 3.77. The summed E-state index contributed by atoms with van der Waals surface area (Å²) < 4.78 is 26.1. The Bertz CT molecular complexity index is 392. The summed E-state index contributed by atoms with van der Waals surface area (Å²) in [4.78, 5) is 0. The molecule has 17 heavy (non-hydrogen) atoms. The van der Waals surface area contributed by atoms with Crippen LogP contribution in [0.15, 0.2) is 18.2 Å². The molecule has 1 nitrogen and oxygen atoms in total. The number of hydrogen-bond donors (Lipinski definition) is 1. The second kappa shape index (κ2) is 5.13. The van der Waals surface area contributed by atoms with Gasteiger partial charge in [-0.25, -0.2) is 8.78 Å². The summed E-state index contributed by atoms with van der Waals surface area (Å²) in [5.41, 5.74) is 0.935. The number of rotatable bonds is 4. The molecule has 0 aliphatic heterocycles. The average Bonchev–Trinajstić information content (AvgIpc) is 2.28. The zero-order valence-electron chi connectivity index (χ0n) is 10.3. The number of halogens is 2. The van der Waals surface area contributed by atoms with Gasteiger partial charge >= 0.3 is 0 Å². The van der Waals surface area contributed by atoms with Gasteiger partial charge in [0.15, 0.2) is 11.6 Å². The zero-order valence-corrected chi connectivity index (χ0v) is 10.3. The minimum Gasteiger partial charge on any atom is -0.314 e. The third-order valence-corrected chi connectivity index (χ3v) is 3.85. The first-order valence-electron chi connectivity index (χ1n) is 6.35. The van der Waals surface area contributed by atoms with Crippen molar-refractivity contribution >= 4 is 0 Å². The van der Waals surface area contributed by atoms with Crippen molar-refractivity contribution in [3.05, 3.63) is 35.4 Å². The minimum absolute atomic E-state index is 0.374. The van der Waals surface area contributed by atoms with Crippen molar-refractivity contribution in [2.75, 3.05) is 6.54 Å². The van der Waals surface area contributed by atoms with Crippen molar-refractivity contribution in [2.45, 2.75) is 38.6 Å². The predicted octanol–water partition coefficient (Wildman–Crippen LogP) is 3.46. The predicted molar refractivity (Wildman–Crippen MR) is 65.0 cm³/mol. The van der Waals surface area contributed by atoms with E-state index in [-0.39, 0.29) is 0 Å². The molecule has 0 bridgehead atoms. The van der Waals surface area contributed by atoms with Gasteiger partial charge in [-0.3, -0.25) is 0 Å². The topological polar surface area (TPSA) is 12.0 Å². The molecule has 1 aromatic carbocycles. The lowest BCUT2D eigenvalue weighted by atomic mass is 9.65. The lowest BCUT2D eigenvalue weighted by Crippen LogP contribution is -2.48. The Hall–Kier alpha value is -0.960. The van der Waals surface area contributed by atoms with Crippen molar-refractivity contribution in [3.63, 3.8) is 0 Å². The summed E-state index contributed by atoms with van der Waals surface area (Å²) in [7, 11) is 0. The van der Waals surface area contributed by atoms with E-state index in [4.69, 9.17) is 0 Å². The summed E-state index contributed by atoms with van der Waals surface area (Å²) in [6, 6.07) is 4.83. The van der Waals surface area contributed by atoms with Crippen LogP contribution in [0.3, 0.4) is 0 Å². The molecule has 0 radical (unpaired) electrons. The van der Waals surface area contributed by atoms with E-state index < -0.39 is 11.6 Å². The molecule has 94 valence electrons. The van der Waals surface area contributed by atoms with Crippen molar-refractivity contribution in [3.8, 4) is 0 Å². The highest BCUT2D eigenvalue weighted by Gasteiger charge is 2.39. The van der Waals surface area contributed by atoms with Gasteiger partial charge in [0.25, 0.3) is 0 Å². The molecule has 1 aliphatic rings. The first kappa shape index (κ1) is 12.5. The standard InChI is InChI=1S/C14H19F2N/c1-3-10-11(8-14(10)17-4-2)9-5-6-12(15)13(16)7-9/h5-7,10-11,14,17H,3-4,8H2,1-2H3. The maximum absolute atomic E-state index is 13.2. The number of hydrogen-bond acceptors (Lipinski definition) is 1. The van der Waals surface area contributed by atoms with Crippen LogP contribution in [0.5, 0.6) is 0 Å². The maximum Gasteiger partial charge on any atom is 0.159 e. The molecular formula is C14H19F2N. The van der Waals surface area contributed by atoms with Gasteiger partial charge in [0.05, 0.1) is 0 Å². The van der Waals surface area contributed by atoms with Gasteiger partial charge in [0, 0.05) is 6.04 Å². The maximum atomic E-state index is 13.2. The SMILES string of the molecule is CCNC1CC(c2ccc(F)c(F)c2)C1CC. The van der Waals surface area contributed by atoms with Crippen LogP contribution in [0.4, 0.5) is 8.78 Å². The zero-order chi connectivity index (χ0) is 12.4. The first-order chi connectivity index (χ1) is 8.17. The normalized spacial score (nSPS) is 27.9. The van der Waals surface area contributed by atoms with E-state index in [0.717, 1.165) is 24.9 Å². The van der Waals surface area contributed by atoms with Crippen LogP contribution in [-0.4, -0.2) is 12.6 Å². The molecule has 0 amide bonds. The van der Waals surface area contributed by atoms with E-state index in [1.54, 1.807) is 6.07 Å². The van der Waals surface area contributed by atoms with Gasteiger partial charge in [-0.2, -0.15) is 0 Å². The molecular weight excluding hydrogens is 220 g/mol. The van der Waals surface area contributed by atoms with Gasteiger partial charge < -0.3 is 5.32 Å². The Morgan fingerprint density at radius 1 is 1.24 bits per heavy atom. The van der Waals surface area contributed by atoms with Crippen LogP contribution in [0.25, 0.3) is 0 Å². The highest BCUT2D eigenvalue weighted by Crippen LogP contribution is 2.44. The summed E-state index contributed by atoms with van der Waals surface area (Å²) in [6.07, 6.45) is 2.10. The highest BCUT2D eigenvalue weighted by atomic mass is 19.2. The van der Waals surface area contributed by atoms with Crippen LogP contribution in [-0.2, 0) is 0 Å². The molecule has 2 rings (SSSR count). The Balaban J connectivity index is 2.10. The Morgan fingerprint density at radius 3 is 2.59 bits per heavy atom. The van der Waals surface area contributed by atoms with Crippen molar-refractivity contribution in [1.82, 2.24) is 5.32 Å². The largest absolute Gasteiger partial charge is 0.314 e. The van der Waals surface area contributed by atoms with E-state index in [2.05, 4.69) is 19.2 Å². The molecule has 3 heteroatoms. The van der Waals surface area contributed by atoms with E-state index in [1.165, 1.54) is 12.1 Å². The summed E-state index contributed by atoms with van der Waals surface area (Å²) >= 11 is 0. The van der Waals surface area contributed by atoms with Crippen LogP contribution < -0.4 is 5.32 Å². The number of nitrogens with one attached hydrogen (secondary N) is 1. The van der Waals surface area contributed by atoms with Gasteiger partial charge in [0.2, 0.25) is 0 Å². The summed E-state index contributed by atoms with van der Waals surface area (Å²) in [5.74, 6) is -0.576. The molecule has 1 aliphatic carbocycles. The fourth-order valence-electron chi connectivity index (χ4n) is 2.90. The van der Waals surface area contributed by atoms with Crippen LogP contribution in [0, 0.1) is 17.6 Å². The van der Waals surface area contributed by atoms with Crippen molar-refractivity contribution < 1.29 is 8.78 Å². The average molecular weight is 239 g/mol. The molecule has 3 atom stereocenters. The van der Waals surface area contributed by atoms with Gasteiger partial charge in [0.1, 0.15) is 0 Å². The van der Waals surface area contributed by atoms with Crippen molar-refractivity contribution in [2.24, 2.45) is 5.92 Å². The first-order valence-corrected chi connectivity index (χ1v) is 6.35. The summed E-state index contributed by atoms with van der Waals surface area (Å²) in [6.45, 7) is 5.21. The molecule has 1 saturated carbocycles. The number of benzene rings is 1. The molecule has 0 spiro atoms. The highest BCUT2D eigenvalue weighted by molar-refractivity contribution is 5.26. The fraction of sp³-hybridized carbons (Fsp3) is 0.571.